The molecule has 4 nitrogen and oxygen atoms in total. The summed E-state index contributed by atoms with van der Waals surface area (Å²) in [6.45, 7) is 2.18. The minimum atomic E-state index is 0.832. The lowest BCUT2D eigenvalue weighted by Crippen LogP contribution is -2.31. The summed E-state index contributed by atoms with van der Waals surface area (Å²) in [4.78, 5) is 4.71. The number of aryl methyl sites for hydroxylation is 2. The summed E-state index contributed by atoms with van der Waals surface area (Å²) in [6, 6.07) is 17.0. The average molecular weight is 370 g/mol. The van der Waals surface area contributed by atoms with Crippen LogP contribution in [0.1, 0.15) is 5.56 Å². The fraction of sp³-hybridized carbons (Fsp3) is 0.0909. The molecule has 0 atom stereocenters. The lowest BCUT2D eigenvalue weighted by Gasteiger charge is -2.07. The van der Waals surface area contributed by atoms with E-state index >= 15 is 0 Å². The molecule has 5 heteroatoms. The number of nitrogens with zero attached hydrogens (tertiary/aromatic N) is 3. The van der Waals surface area contributed by atoms with Crippen LogP contribution in [-0.4, -0.2) is 9.56 Å². The van der Waals surface area contributed by atoms with E-state index in [4.69, 9.17) is 9.51 Å². The van der Waals surface area contributed by atoms with E-state index < -0.39 is 0 Å². The van der Waals surface area contributed by atoms with Gasteiger partial charge in [-0.3, -0.25) is 0 Å². The molecule has 0 N–H and O–H groups in total. The SMILES string of the molecule is Cc1ccc2c(sc3ccccc32)c1-c1c2c(cc[n+]1C)nc1ccon12. The van der Waals surface area contributed by atoms with Gasteiger partial charge in [-0.1, -0.05) is 30.3 Å². The Morgan fingerprint density at radius 3 is 2.85 bits per heavy atom. The summed E-state index contributed by atoms with van der Waals surface area (Å²) in [5.41, 5.74) is 6.41. The monoisotopic (exact) mass is 370 g/mol. The predicted octanol–water partition coefficient (Wildman–Crippen LogP) is 5.25. The fourth-order valence-corrected chi connectivity index (χ4v) is 5.34. The van der Waals surface area contributed by atoms with Crippen molar-refractivity contribution in [1.29, 1.82) is 0 Å². The van der Waals surface area contributed by atoms with E-state index in [-0.39, 0.29) is 0 Å². The van der Waals surface area contributed by atoms with Crippen molar-refractivity contribution in [1.82, 2.24) is 9.56 Å². The van der Waals surface area contributed by atoms with Gasteiger partial charge in [0.2, 0.25) is 5.69 Å². The lowest BCUT2D eigenvalue weighted by atomic mass is 10.0. The number of imidazole rings is 1. The van der Waals surface area contributed by atoms with Crippen molar-refractivity contribution in [2.45, 2.75) is 6.92 Å². The first-order valence-electron chi connectivity index (χ1n) is 8.88. The largest absolute Gasteiger partial charge is 0.381 e. The Balaban J connectivity index is 1.86. The first-order valence-corrected chi connectivity index (χ1v) is 9.70. The number of benzene rings is 2. The highest BCUT2D eigenvalue weighted by molar-refractivity contribution is 7.26. The Bertz CT molecular complexity index is 1500. The highest BCUT2D eigenvalue weighted by atomic mass is 32.1. The molecule has 0 aliphatic rings. The maximum Gasteiger partial charge on any atom is 0.243 e. The first kappa shape index (κ1) is 14.9. The van der Waals surface area contributed by atoms with E-state index in [0.717, 1.165) is 22.4 Å². The van der Waals surface area contributed by atoms with E-state index in [1.165, 1.54) is 31.3 Å². The van der Waals surface area contributed by atoms with E-state index in [1.54, 1.807) is 6.26 Å². The minimum absolute atomic E-state index is 0.832. The summed E-state index contributed by atoms with van der Waals surface area (Å²) in [6.07, 6.45) is 3.77. The summed E-state index contributed by atoms with van der Waals surface area (Å²) < 4.78 is 12.4. The molecule has 0 fully saturated rings. The number of thiophene rings is 1. The Kier molecular flexibility index (Phi) is 2.86. The molecule has 6 rings (SSSR count). The summed E-state index contributed by atoms with van der Waals surface area (Å²) in [7, 11) is 2.09. The highest BCUT2D eigenvalue weighted by Crippen LogP contribution is 2.42. The summed E-state index contributed by atoms with van der Waals surface area (Å²) >= 11 is 1.85. The lowest BCUT2D eigenvalue weighted by molar-refractivity contribution is -0.659. The number of hydrogen-bond acceptors (Lipinski definition) is 3. The fourth-order valence-electron chi connectivity index (χ4n) is 4.04. The van der Waals surface area contributed by atoms with Crippen molar-refractivity contribution in [3.8, 4) is 11.3 Å². The Morgan fingerprint density at radius 1 is 1.04 bits per heavy atom. The molecule has 0 saturated carbocycles. The molecule has 0 spiro atoms. The van der Waals surface area contributed by atoms with Crippen LogP contribution in [0.4, 0.5) is 0 Å². The van der Waals surface area contributed by atoms with Crippen LogP contribution in [0.5, 0.6) is 0 Å². The van der Waals surface area contributed by atoms with Gasteiger partial charge in [-0.15, -0.1) is 11.3 Å². The van der Waals surface area contributed by atoms with Crippen LogP contribution in [0.25, 0.3) is 48.1 Å². The Morgan fingerprint density at radius 2 is 1.93 bits per heavy atom. The van der Waals surface area contributed by atoms with Crippen LogP contribution in [0.15, 0.2) is 65.5 Å². The molecule has 0 radical (unpaired) electrons. The van der Waals surface area contributed by atoms with E-state index in [9.17, 15) is 0 Å². The molecular weight excluding hydrogens is 354 g/mol. The predicted molar refractivity (Wildman–Crippen MR) is 109 cm³/mol. The van der Waals surface area contributed by atoms with Gasteiger partial charge in [0.05, 0.1) is 5.56 Å². The molecular formula is C22H16N3OS+. The van der Waals surface area contributed by atoms with E-state index in [1.807, 2.05) is 28.0 Å². The average Bonchev–Trinajstić information content (AvgIpc) is 3.35. The zero-order valence-electron chi connectivity index (χ0n) is 14.9. The molecule has 4 heterocycles. The molecule has 2 aromatic carbocycles. The van der Waals surface area contributed by atoms with Crippen molar-refractivity contribution in [3.05, 3.63) is 66.6 Å². The van der Waals surface area contributed by atoms with Gasteiger partial charge in [0.15, 0.2) is 17.4 Å². The van der Waals surface area contributed by atoms with Crippen LogP contribution in [0.3, 0.4) is 0 Å². The second-order valence-electron chi connectivity index (χ2n) is 6.91. The van der Waals surface area contributed by atoms with Crippen LogP contribution < -0.4 is 4.57 Å². The van der Waals surface area contributed by atoms with Gasteiger partial charge in [0, 0.05) is 32.3 Å². The molecule has 6 aromatic rings. The number of hydrogen-bond donors (Lipinski definition) is 0. The topological polar surface area (TPSA) is 34.3 Å². The molecule has 0 unspecified atom stereocenters. The van der Waals surface area contributed by atoms with Crippen LogP contribution in [-0.2, 0) is 7.05 Å². The normalized spacial score (nSPS) is 12.1. The van der Waals surface area contributed by atoms with Crippen molar-refractivity contribution in [2.75, 3.05) is 0 Å². The number of aromatic nitrogens is 3. The highest BCUT2D eigenvalue weighted by Gasteiger charge is 2.25. The summed E-state index contributed by atoms with van der Waals surface area (Å²) in [5, 5.41) is 2.61. The minimum Gasteiger partial charge on any atom is -0.381 e. The Labute approximate surface area is 158 Å². The van der Waals surface area contributed by atoms with Crippen molar-refractivity contribution in [2.24, 2.45) is 7.05 Å². The third kappa shape index (κ3) is 1.92. The zero-order valence-corrected chi connectivity index (χ0v) is 15.7. The maximum absolute atomic E-state index is 5.74. The van der Waals surface area contributed by atoms with Crippen molar-refractivity contribution >= 4 is 48.2 Å². The van der Waals surface area contributed by atoms with Crippen molar-refractivity contribution in [3.63, 3.8) is 0 Å². The molecule has 0 saturated heterocycles. The molecule has 0 bridgehead atoms. The zero-order chi connectivity index (χ0) is 18.1. The van der Waals surface area contributed by atoms with E-state index in [0.29, 0.717) is 0 Å². The van der Waals surface area contributed by atoms with E-state index in [2.05, 4.69) is 61.1 Å². The summed E-state index contributed by atoms with van der Waals surface area (Å²) in [5.74, 6) is 0. The standard InChI is InChI=1S/C22H16N3OS/c1-13-7-8-15-14-5-3-4-6-17(14)27-22(15)19(13)21-20-16(9-11-24(21)2)23-18-10-12-26-25(18)20/h3-12H,1-2H3/q+1. The number of pyridine rings is 1. The van der Waals surface area contributed by atoms with Gasteiger partial charge in [0.1, 0.15) is 18.8 Å². The smallest absolute Gasteiger partial charge is 0.243 e. The molecule has 130 valence electrons. The molecule has 0 amide bonds. The number of fused-ring (bicyclic) bond motifs is 6. The maximum atomic E-state index is 5.74. The van der Waals surface area contributed by atoms with Gasteiger partial charge < -0.3 is 4.52 Å². The number of rotatable bonds is 1. The second kappa shape index (κ2) is 5.18. The molecule has 4 aromatic heterocycles. The third-order valence-electron chi connectivity index (χ3n) is 5.30. The van der Waals surface area contributed by atoms with Gasteiger partial charge in [-0.05, 0) is 18.6 Å². The first-order chi connectivity index (χ1) is 13.2. The van der Waals surface area contributed by atoms with Gasteiger partial charge in [-0.2, -0.15) is 9.14 Å². The van der Waals surface area contributed by atoms with Crippen molar-refractivity contribution < 1.29 is 9.09 Å². The molecule has 0 aliphatic heterocycles. The van der Waals surface area contributed by atoms with Gasteiger partial charge in [0.25, 0.3) is 0 Å². The molecule has 27 heavy (non-hydrogen) atoms. The molecule has 0 aliphatic carbocycles. The van der Waals surface area contributed by atoms with Crippen LogP contribution >= 0.6 is 11.3 Å². The third-order valence-corrected chi connectivity index (χ3v) is 6.50. The van der Waals surface area contributed by atoms with Gasteiger partial charge >= 0.3 is 0 Å². The van der Waals surface area contributed by atoms with Crippen LogP contribution in [0, 0.1) is 6.92 Å². The van der Waals surface area contributed by atoms with Crippen LogP contribution in [0.2, 0.25) is 0 Å². The quantitative estimate of drug-likeness (QED) is 0.371. The second-order valence-corrected chi connectivity index (χ2v) is 7.97. The Hall–Kier alpha value is -3.18. The van der Waals surface area contributed by atoms with Gasteiger partial charge in [-0.25, -0.2) is 4.98 Å².